The van der Waals surface area contributed by atoms with Gasteiger partial charge >= 0.3 is 0 Å². The van der Waals surface area contributed by atoms with E-state index >= 15 is 0 Å². The predicted octanol–water partition coefficient (Wildman–Crippen LogP) is 25.8. The van der Waals surface area contributed by atoms with E-state index in [9.17, 15) is 0 Å². The molecule has 75 heavy (non-hydrogen) atoms. The maximum absolute atomic E-state index is 6.92. The highest BCUT2D eigenvalue weighted by atomic mass is 14.6. The Labute approximate surface area is 479 Å². The van der Waals surface area contributed by atoms with Gasteiger partial charge in [-0.2, -0.15) is 0 Å². The molecule has 12 aliphatic rings. The van der Waals surface area contributed by atoms with Crippen molar-refractivity contribution in [2.45, 2.75) is 382 Å². The fourth-order valence-corrected chi connectivity index (χ4v) is 19.5. The van der Waals surface area contributed by atoms with Crippen LogP contribution in [0, 0.1) is 95.6 Å². The lowest BCUT2D eigenvalue weighted by molar-refractivity contribution is -0.0545. The second kappa shape index (κ2) is 27.4. The molecule has 4 spiro atoms. The molecule has 0 nitrogen and oxygen atoms in total. The van der Waals surface area contributed by atoms with Crippen LogP contribution >= 0.6 is 0 Å². The van der Waals surface area contributed by atoms with Gasteiger partial charge in [-0.15, -0.1) is 0 Å². The smallest absolute Gasteiger partial charge is 0.0236 e. The van der Waals surface area contributed by atoms with Crippen molar-refractivity contribution in [3.05, 3.63) is 0 Å². The first-order valence-corrected chi connectivity index (χ1v) is 34.4. The minimum atomic E-state index is -1.81. The Balaban J connectivity index is 0.000000171. The normalized spacial score (nSPS) is 33.8. The molecule has 0 atom stereocenters. The van der Waals surface area contributed by atoms with Gasteiger partial charge in [0, 0.05) is 4.11 Å². The summed E-state index contributed by atoms with van der Waals surface area (Å²) in [7, 11) is 0. The molecular weight excluding hydrogens is 901 g/mol. The van der Waals surface area contributed by atoms with E-state index in [1.54, 1.807) is 111 Å². The SMILES string of the molecule is CC(C)(C)C.CC1CCC2(CC1)CC(C)(C)CC(C)(C)C2.CC1CCC2(CC1)CCC(C)(C)CC2.CC1CCC2(CCCC2)CC1.CC1CCC2(CCCCC2)CC1.CCC12CC3CC(CC(C3)C1)C2.[2H]C([2H])([2H])C(C)(C)C. The number of hydrogen-bond donors (Lipinski definition) is 0. The second-order valence-corrected chi connectivity index (χ2v) is 36.5. The van der Waals surface area contributed by atoms with Crippen molar-refractivity contribution in [2.24, 2.45) is 95.6 Å². The third-order valence-electron chi connectivity index (χ3n) is 23.2. The Bertz CT molecular complexity index is 1590. The van der Waals surface area contributed by atoms with Crippen LogP contribution < -0.4 is 0 Å². The molecule has 0 N–H and O–H groups in total. The Morgan fingerprint density at radius 2 is 0.613 bits per heavy atom. The lowest BCUT2D eigenvalue weighted by Gasteiger charge is -2.56. The third-order valence-corrected chi connectivity index (χ3v) is 23.2. The highest BCUT2D eigenvalue weighted by Crippen LogP contribution is 2.62. The number of hydrogen-bond acceptors (Lipinski definition) is 0. The zero-order valence-electron chi connectivity index (χ0n) is 58.1. The molecule has 4 bridgehead atoms. The Morgan fingerprint density at radius 3 is 0.893 bits per heavy atom. The second-order valence-electron chi connectivity index (χ2n) is 36.5. The van der Waals surface area contributed by atoms with Gasteiger partial charge in [-0.3, -0.25) is 0 Å². The quantitative estimate of drug-likeness (QED) is 0.246. The van der Waals surface area contributed by atoms with Crippen LogP contribution in [0.25, 0.3) is 0 Å². The van der Waals surface area contributed by atoms with Gasteiger partial charge in [0.2, 0.25) is 0 Å². The summed E-state index contributed by atoms with van der Waals surface area (Å²) in [5.41, 5.74) is 5.76. The third kappa shape index (κ3) is 23.1. The van der Waals surface area contributed by atoms with Crippen LogP contribution in [0.5, 0.6) is 0 Å². The highest BCUT2D eigenvalue weighted by molar-refractivity contribution is 5.01. The summed E-state index contributed by atoms with van der Waals surface area (Å²) in [6, 6.07) is 0. The molecule has 0 heterocycles. The lowest BCUT2D eigenvalue weighted by Crippen LogP contribution is -2.45. The largest absolute Gasteiger partial charge is 0.0649 e. The van der Waals surface area contributed by atoms with Crippen molar-refractivity contribution in [1.82, 2.24) is 0 Å². The fraction of sp³-hybridized carbons (Fsp3) is 1.00. The Kier molecular flexibility index (Phi) is 22.3. The molecule has 0 radical (unpaired) electrons. The summed E-state index contributed by atoms with van der Waals surface area (Å²) in [5, 5.41) is 0. The van der Waals surface area contributed by atoms with Gasteiger partial charge in [0.1, 0.15) is 0 Å². The topological polar surface area (TPSA) is 0 Å². The summed E-state index contributed by atoms with van der Waals surface area (Å²) in [5.74, 6) is 7.50. The van der Waals surface area contributed by atoms with Crippen LogP contribution in [-0.2, 0) is 0 Å². The minimum absolute atomic E-state index is 0.500. The van der Waals surface area contributed by atoms with Crippen molar-refractivity contribution >= 4 is 0 Å². The molecule has 0 heteroatoms. The molecule has 12 fully saturated rings. The summed E-state index contributed by atoms with van der Waals surface area (Å²) < 4.78 is 20.8. The van der Waals surface area contributed by atoms with Crippen molar-refractivity contribution < 1.29 is 4.11 Å². The molecule has 442 valence electrons. The van der Waals surface area contributed by atoms with Gasteiger partial charge in [-0.05, 0) is 256 Å². The maximum atomic E-state index is 6.92. The zero-order chi connectivity index (χ0) is 58.1. The summed E-state index contributed by atoms with van der Waals surface area (Å²) in [6.07, 6.45) is 59.5. The summed E-state index contributed by atoms with van der Waals surface area (Å²) in [6.45, 7) is 39.1. The van der Waals surface area contributed by atoms with Gasteiger partial charge < -0.3 is 0 Å². The van der Waals surface area contributed by atoms with E-state index in [1.165, 1.54) is 161 Å². The minimum Gasteiger partial charge on any atom is -0.0649 e. The van der Waals surface area contributed by atoms with Gasteiger partial charge in [-0.1, -0.05) is 221 Å². The average molecular weight is 1050 g/mol. The lowest BCUT2D eigenvalue weighted by atomic mass is 9.49. The molecule has 0 amide bonds. The van der Waals surface area contributed by atoms with Crippen molar-refractivity contribution in [3.63, 3.8) is 0 Å². The summed E-state index contributed by atoms with van der Waals surface area (Å²) in [4.78, 5) is 0. The molecule has 12 saturated carbocycles. The van der Waals surface area contributed by atoms with Crippen LogP contribution in [0.3, 0.4) is 0 Å². The van der Waals surface area contributed by atoms with Crippen molar-refractivity contribution in [3.8, 4) is 0 Å². The molecule has 0 aromatic heterocycles. The first kappa shape index (κ1) is 61.1. The first-order chi connectivity index (χ1) is 35.9. The summed E-state index contributed by atoms with van der Waals surface area (Å²) >= 11 is 0. The van der Waals surface area contributed by atoms with Crippen molar-refractivity contribution in [1.29, 1.82) is 0 Å². The van der Waals surface area contributed by atoms with E-state index in [0.29, 0.717) is 27.1 Å². The van der Waals surface area contributed by atoms with E-state index in [0.717, 1.165) is 63.1 Å². The van der Waals surface area contributed by atoms with E-state index in [2.05, 4.69) is 104 Å². The van der Waals surface area contributed by atoms with E-state index in [1.807, 2.05) is 0 Å². The molecule has 0 aromatic rings. The van der Waals surface area contributed by atoms with Crippen LogP contribution in [0.1, 0.15) is 386 Å². The van der Waals surface area contributed by atoms with Crippen LogP contribution in [0.15, 0.2) is 0 Å². The zero-order valence-corrected chi connectivity index (χ0v) is 55.1. The average Bonchev–Trinajstić information content (AvgIpc) is 3.82. The van der Waals surface area contributed by atoms with Gasteiger partial charge in [0.25, 0.3) is 0 Å². The molecular formula is C75H142. The monoisotopic (exact) mass is 1050 g/mol. The maximum Gasteiger partial charge on any atom is 0.0236 e. The van der Waals surface area contributed by atoms with E-state index < -0.39 is 12.3 Å². The van der Waals surface area contributed by atoms with Crippen LogP contribution in [0.2, 0.25) is 0 Å². The Morgan fingerprint density at radius 1 is 0.347 bits per heavy atom. The first-order valence-electron chi connectivity index (χ1n) is 35.9. The predicted molar refractivity (Wildman–Crippen MR) is 337 cm³/mol. The molecule has 0 aliphatic heterocycles. The van der Waals surface area contributed by atoms with E-state index in [4.69, 9.17) is 4.11 Å². The molecule has 0 saturated heterocycles. The Hall–Kier alpha value is 0. The van der Waals surface area contributed by atoms with Crippen molar-refractivity contribution in [2.75, 3.05) is 0 Å². The van der Waals surface area contributed by atoms with Crippen LogP contribution in [0.4, 0.5) is 0 Å². The highest BCUT2D eigenvalue weighted by Gasteiger charge is 2.50. The van der Waals surface area contributed by atoms with Crippen LogP contribution in [-0.4, -0.2) is 0 Å². The number of rotatable bonds is 1. The standard InChI is InChI=1S/C16H30.C14H26.C12H20.C12H22.C11H20.2C5H12/c1-13-6-8-16(9-7-13)11-14(2,3)10-15(4,5)12-16;1-12-4-6-14(7-5-12)10-8-13(2,3)9-11-14;1-2-12-6-9-3-10(7-12)5-11(4-9)8-12;1-11-5-9-12(10-6-11)7-3-2-4-8-12;1-10-4-8-11(9-5-10)6-2-3-7-11;2*1-5(2,3)4/h13H,6-12H2,1-5H3;12H,4-11H2,1-3H3;9-11H,2-8H2,1H3;11H,2-10H2,1H3;10H,2-9H2,1H3;2*1-4H3/i;;;;;1D3;. The fourth-order valence-electron chi connectivity index (χ4n) is 19.5. The molecule has 12 rings (SSSR count). The van der Waals surface area contributed by atoms with E-state index in [-0.39, 0.29) is 0 Å². The molecule has 0 unspecified atom stereocenters. The molecule has 12 aliphatic carbocycles. The van der Waals surface area contributed by atoms with Gasteiger partial charge in [-0.25, -0.2) is 0 Å². The van der Waals surface area contributed by atoms with Gasteiger partial charge in [0.15, 0.2) is 0 Å². The van der Waals surface area contributed by atoms with Gasteiger partial charge in [0.05, 0.1) is 0 Å². The molecule has 0 aromatic carbocycles.